The molecule has 2 aromatic carbocycles. The molecule has 0 radical (unpaired) electrons. The lowest BCUT2D eigenvalue weighted by Gasteiger charge is -2.29. The van der Waals surface area contributed by atoms with E-state index in [0.29, 0.717) is 37.0 Å². The topological polar surface area (TPSA) is 91.8 Å². The molecule has 1 aliphatic rings. The van der Waals surface area contributed by atoms with E-state index in [1.54, 1.807) is 11.8 Å². The molecule has 0 spiro atoms. The van der Waals surface area contributed by atoms with Crippen LogP contribution < -0.4 is 20.3 Å². The number of hydrogen-bond acceptors (Lipinski definition) is 8. The fourth-order valence-electron chi connectivity index (χ4n) is 3.62. The molecule has 2 amide bonds. The lowest BCUT2D eigenvalue weighted by Crippen LogP contribution is -2.37. The highest BCUT2D eigenvalue weighted by atomic mass is 32.2. The molecule has 1 aromatic heterocycles. The van der Waals surface area contributed by atoms with Crippen molar-refractivity contribution >= 4 is 35.0 Å². The molecule has 1 fully saturated rings. The summed E-state index contributed by atoms with van der Waals surface area (Å²) in [5, 5.41) is 5.70. The van der Waals surface area contributed by atoms with Gasteiger partial charge in [0, 0.05) is 42.8 Å². The van der Waals surface area contributed by atoms with Gasteiger partial charge in [0.2, 0.25) is 0 Å². The van der Waals surface area contributed by atoms with Gasteiger partial charge in [0.25, 0.3) is 0 Å². The monoisotopic (exact) mass is 508 g/mol. The Balaban J connectivity index is 1.35. The summed E-state index contributed by atoms with van der Waals surface area (Å²) in [5.74, 6) is 2.35. The molecular formula is C26H32N6O3S. The van der Waals surface area contributed by atoms with Crippen LogP contribution in [-0.2, 0) is 4.74 Å². The highest BCUT2D eigenvalue weighted by Crippen LogP contribution is 2.29. The SMILES string of the molecule is CSc1cnc(-c2ccc(NC(=O)Nc3ccc(OCCN(C)C)cc3)cc2)nc1N1CCOCC1. The van der Waals surface area contributed by atoms with Crippen molar-refractivity contribution in [2.45, 2.75) is 4.90 Å². The standard InChI is InChI=1S/C26H32N6O3S/c1-31(2)12-17-35-22-10-8-21(9-11-22)29-26(33)28-20-6-4-19(5-7-20)24-27-18-23(36-3)25(30-24)32-13-15-34-16-14-32/h4-11,18H,12-17H2,1-3H3,(H2,28,29,33). The zero-order chi connectivity index (χ0) is 25.3. The number of ether oxygens (including phenoxy) is 2. The smallest absolute Gasteiger partial charge is 0.323 e. The van der Waals surface area contributed by atoms with Gasteiger partial charge >= 0.3 is 6.03 Å². The van der Waals surface area contributed by atoms with Gasteiger partial charge in [0.1, 0.15) is 18.2 Å². The van der Waals surface area contributed by atoms with E-state index in [-0.39, 0.29) is 6.03 Å². The van der Waals surface area contributed by atoms with Crippen molar-refractivity contribution in [1.82, 2.24) is 14.9 Å². The number of amides is 2. The summed E-state index contributed by atoms with van der Waals surface area (Å²) in [6.45, 7) is 4.47. The molecular weight excluding hydrogens is 476 g/mol. The Kier molecular flexibility index (Phi) is 8.99. The number of thioether (sulfide) groups is 1. The second-order valence-electron chi connectivity index (χ2n) is 8.52. The van der Waals surface area contributed by atoms with E-state index in [2.05, 4.69) is 25.4 Å². The van der Waals surface area contributed by atoms with Gasteiger partial charge in [-0.15, -0.1) is 11.8 Å². The molecule has 2 heterocycles. The van der Waals surface area contributed by atoms with E-state index in [0.717, 1.165) is 41.7 Å². The highest BCUT2D eigenvalue weighted by Gasteiger charge is 2.18. The van der Waals surface area contributed by atoms with Gasteiger partial charge in [-0.05, 0) is 68.9 Å². The molecule has 0 saturated carbocycles. The number of benzene rings is 2. The summed E-state index contributed by atoms with van der Waals surface area (Å²) < 4.78 is 11.2. The van der Waals surface area contributed by atoms with Crippen molar-refractivity contribution in [3.05, 3.63) is 54.7 Å². The molecule has 9 nitrogen and oxygen atoms in total. The molecule has 0 unspecified atom stereocenters. The number of aromatic nitrogens is 2. The number of morpholine rings is 1. The van der Waals surface area contributed by atoms with E-state index >= 15 is 0 Å². The summed E-state index contributed by atoms with van der Waals surface area (Å²) >= 11 is 1.64. The van der Waals surface area contributed by atoms with Crippen molar-refractivity contribution in [3.63, 3.8) is 0 Å². The predicted molar refractivity (Wildman–Crippen MR) is 145 cm³/mol. The van der Waals surface area contributed by atoms with Crippen molar-refractivity contribution in [1.29, 1.82) is 0 Å². The van der Waals surface area contributed by atoms with Gasteiger partial charge in [-0.3, -0.25) is 0 Å². The number of hydrogen-bond donors (Lipinski definition) is 2. The minimum Gasteiger partial charge on any atom is -0.492 e. The summed E-state index contributed by atoms with van der Waals surface area (Å²) in [5.41, 5.74) is 2.24. The zero-order valence-electron chi connectivity index (χ0n) is 20.9. The van der Waals surface area contributed by atoms with Crippen LogP contribution in [0.1, 0.15) is 0 Å². The van der Waals surface area contributed by atoms with Gasteiger partial charge < -0.3 is 29.9 Å². The van der Waals surface area contributed by atoms with E-state index in [4.69, 9.17) is 14.5 Å². The number of carbonyl (C=O) groups is 1. The molecule has 1 aliphatic heterocycles. The molecule has 0 atom stereocenters. The average molecular weight is 509 g/mol. The van der Waals surface area contributed by atoms with Crippen LogP contribution in [0.2, 0.25) is 0 Å². The van der Waals surface area contributed by atoms with Gasteiger partial charge in [0.15, 0.2) is 5.82 Å². The zero-order valence-corrected chi connectivity index (χ0v) is 21.7. The van der Waals surface area contributed by atoms with Crippen LogP contribution in [0, 0.1) is 0 Å². The van der Waals surface area contributed by atoms with E-state index in [9.17, 15) is 4.79 Å². The third-order valence-electron chi connectivity index (χ3n) is 5.59. The Labute approximate surface area is 216 Å². The maximum Gasteiger partial charge on any atom is 0.323 e. The van der Waals surface area contributed by atoms with Crippen molar-refractivity contribution in [2.75, 3.05) is 75.3 Å². The fourth-order valence-corrected chi connectivity index (χ4v) is 4.14. The van der Waals surface area contributed by atoms with Crippen LogP contribution in [0.25, 0.3) is 11.4 Å². The van der Waals surface area contributed by atoms with Crippen molar-refractivity contribution in [3.8, 4) is 17.1 Å². The third-order valence-corrected chi connectivity index (χ3v) is 6.32. The molecule has 1 saturated heterocycles. The Morgan fingerprint density at radius 3 is 2.31 bits per heavy atom. The quantitative estimate of drug-likeness (QED) is 0.414. The van der Waals surface area contributed by atoms with Gasteiger partial charge in [-0.1, -0.05) is 0 Å². The van der Waals surface area contributed by atoms with Gasteiger partial charge in [-0.25, -0.2) is 14.8 Å². The van der Waals surface area contributed by atoms with Gasteiger partial charge in [0.05, 0.1) is 18.1 Å². The van der Waals surface area contributed by atoms with Crippen molar-refractivity contribution in [2.24, 2.45) is 0 Å². The highest BCUT2D eigenvalue weighted by molar-refractivity contribution is 7.98. The van der Waals surface area contributed by atoms with Gasteiger partial charge in [-0.2, -0.15) is 0 Å². The second kappa shape index (κ2) is 12.6. The van der Waals surface area contributed by atoms with Crippen LogP contribution in [0.5, 0.6) is 5.75 Å². The molecule has 0 bridgehead atoms. The maximum absolute atomic E-state index is 12.5. The maximum atomic E-state index is 12.5. The largest absolute Gasteiger partial charge is 0.492 e. The van der Waals surface area contributed by atoms with Crippen LogP contribution in [0.3, 0.4) is 0 Å². The summed E-state index contributed by atoms with van der Waals surface area (Å²) in [7, 11) is 4.00. The first kappa shape index (κ1) is 25.7. The third kappa shape index (κ3) is 7.09. The number of anilines is 3. The fraction of sp³-hybridized carbons (Fsp3) is 0.346. The predicted octanol–water partition coefficient (Wildman–Crippen LogP) is 4.29. The summed E-state index contributed by atoms with van der Waals surface area (Å²) in [6, 6.07) is 14.5. The molecule has 10 heteroatoms. The minimum absolute atomic E-state index is 0.320. The number of urea groups is 1. The van der Waals surface area contributed by atoms with Crippen LogP contribution in [0.15, 0.2) is 59.6 Å². The molecule has 0 aliphatic carbocycles. The van der Waals surface area contributed by atoms with Crippen LogP contribution in [0.4, 0.5) is 22.0 Å². The molecule has 190 valence electrons. The minimum atomic E-state index is -0.320. The Morgan fingerprint density at radius 2 is 1.69 bits per heavy atom. The molecule has 4 rings (SSSR count). The first-order valence-corrected chi connectivity index (χ1v) is 13.0. The Morgan fingerprint density at radius 1 is 1.06 bits per heavy atom. The summed E-state index contributed by atoms with van der Waals surface area (Å²) in [6.07, 6.45) is 3.90. The van der Waals surface area contributed by atoms with E-state index < -0.39 is 0 Å². The normalized spacial score (nSPS) is 13.5. The van der Waals surface area contributed by atoms with E-state index in [1.165, 1.54) is 0 Å². The molecule has 3 aromatic rings. The van der Waals surface area contributed by atoms with Crippen LogP contribution in [-0.4, -0.2) is 80.7 Å². The van der Waals surface area contributed by atoms with E-state index in [1.807, 2.05) is 75.1 Å². The molecule has 2 N–H and O–H groups in total. The van der Waals surface area contributed by atoms with Crippen molar-refractivity contribution < 1.29 is 14.3 Å². The summed E-state index contributed by atoms with van der Waals surface area (Å²) in [4.78, 5) is 27.2. The molecule has 36 heavy (non-hydrogen) atoms. The lowest BCUT2D eigenvalue weighted by atomic mass is 10.2. The van der Waals surface area contributed by atoms with Crippen LogP contribution >= 0.6 is 11.8 Å². The number of likely N-dealkylation sites (N-methyl/N-ethyl adjacent to an activating group) is 1. The number of carbonyl (C=O) groups excluding carboxylic acids is 1. The first-order valence-electron chi connectivity index (χ1n) is 11.8. The average Bonchev–Trinajstić information content (AvgIpc) is 2.90. The number of nitrogens with zero attached hydrogens (tertiary/aromatic N) is 4. The lowest BCUT2D eigenvalue weighted by molar-refractivity contribution is 0.122. The first-order chi connectivity index (χ1) is 17.5. The number of nitrogens with one attached hydrogen (secondary N) is 2. The number of rotatable bonds is 9. The Bertz CT molecular complexity index is 1140. The second-order valence-corrected chi connectivity index (χ2v) is 9.37. The Hall–Kier alpha value is -3.34.